The zero-order chi connectivity index (χ0) is 23.2. The highest BCUT2D eigenvalue weighted by Gasteiger charge is 2.32. The molecule has 2 aliphatic heterocycles. The number of thiazole rings is 1. The van der Waals surface area contributed by atoms with Gasteiger partial charge in [-0.2, -0.15) is 0 Å². The molecule has 4 aromatic rings. The topological polar surface area (TPSA) is 80.8 Å². The fourth-order valence-corrected chi connectivity index (χ4v) is 6.68. The first-order chi connectivity index (χ1) is 16.6. The molecule has 0 fully saturated rings. The number of carbonyl (C=O) groups is 2. The first-order valence-corrected chi connectivity index (χ1v) is 12.7. The number of carbonyl (C=O) groups excluding carboxylic acids is 2. The average Bonchev–Trinajstić information content (AvgIpc) is 3.43. The van der Waals surface area contributed by atoms with Crippen LogP contribution in [0.1, 0.15) is 17.4 Å². The van der Waals surface area contributed by atoms with E-state index in [4.69, 9.17) is 14.5 Å². The fraction of sp³-hybridized carbons (Fsp3) is 0.240. The second-order valence-corrected chi connectivity index (χ2v) is 10.4. The van der Waals surface area contributed by atoms with Gasteiger partial charge in [0.15, 0.2) is 11.5 Å². The number of para-hydroxylation sites is 3. The molecule has 2 aromatic carbocycles. The lowest BCUT2D eigenvalue weighted by molar-refractivity contribution is -0.129. The van der Waals surface area contributed by atoms with Gasteiger partial charge in [0.2, 0.25) is 12.0 Å². The third-order valence-electron chi connectivity index (χ3n) is 6.05. The van der Waals surface area contributed by atoms with E-state index in [0.29, 0.717) is 24.6 Å². The number of fused-ring (bicyclic) bond motifs is 3. The molecule has 0 radical (unpaired) electrons. The summed E-state index contributed by atoms with van der Waals surface area (Å²) >= 11 is 3.12. The minimum absolute atomic E-state index is 0.0533. The van der Waals surface area contributed by atoms with Gasteiger partial charge in [0.25, 0.3) is 5.91 Å². The Morgan fingerprint density at radius 3 is 2.71 bits per heavy atom. The van der Waals surface area contributed by atoms with Crippen molar-refractivity contribution < 1.29 is 19.1 Å². The summed E-state index contributed by atoms with van der Waals surface area (Å²) in [5.41, 5.74) is 3.04. The standard InChI is InChI=1S/C25H21N3O4S2/c1-14(29)28-11-10-15-21(12-28)34-25(22(15)24-26-16-6-2-5-9-20(16)33-24)27-23(30)19-13-31-17-7-3-4-8-18(17)32-19/h2-9,19H,10-13H2,1H3,(H,27,30)/t19-/m0/s1. The number of hydrogen-bond acceptors (Lipinski definition) is 7. The molecule has 0 saturated carbocycles. The van der Waals surface area contributed by atoms with Crippen molar-refractivity contribution in [3.05, 3.63) is 59.0 Å². The number of aromatic nitrogens is 1. The summed E-state index contributed by atoms with van der Waals surface area (Å²) in [6.45, 7) is 2.93. The number of thiophene rings is 1. The van der Waals surface area contributed by atoms with Crippen molar-refractivity contribution in [2.75, 3.05) is 18.5 Å². The van der Waals surface area contributed by atoms with Gasteiger partial charge in [0, 0.05) is 23.9 Å². The minimum atomic E-state index is -0.758. The molecule has 4 heterocycles. The summed E-state index contributed by atoms with van der Waals surface area (Å²) in [7, 11) is 0. The molecule has 1 atom stereocenters. The molecule has 0 aliphatic carbocycles. The van der Waals surface area contributed by atoms with Crippen LogP contribution in [0.25, 0.3) is 20.8 Å². The Morgan fingerprint density at radius 2 is 1.88 bits per heavy atom. The molecule has 1 N–H and O–H groups in total. The van der Waals surface area contributed by atoms with Crippen LogP contribution in [-0.2, 0) is 22.6 Å². The molecular weight excluding hydrogens is 470 g/mol. The minimum Gasteiger partial charge on any atom is -0.485 e. The zero-order valence-electron chi connectivity index (χ0n) is 18.4. The summed E-state index contributed by atoms with van der Waals surface area (Å²) in [5.74, 6) is 0.983. The summed E-state index contributed by atoms with van der Waals surface area (Å²) < 4.78 is 12.7. The van der Waals surface area contributed by atoms with Gasteiger partial charge in [-0.1, -0.05) is 24.3 Å². The maximum atomic E-state index is 13.2. The molecule has 2 aliphatic rings. The first kappa shape index (κ1) is 21.1. The van der Waals surface area contributed by atoms with Gasteiger partial charge < -0.3 is 19.7 Å². The average molecular weight is 492 g/mol. The highest BCUT2D eigenvalue weighted by molar-refractivity contribution is 7.22. The van der Waals surface area contributed by atoms with Crippen molar-refractivity contribution >= 4 is 49.7 Å². The second-order valence-electron chi connectivity index (χ2n) is 8.24. The van der Waals surface area contributed by atoms with E-state index < -0.39 is 6.10 Å². The first-order valence-electron chi connectivity index (χ1n) is 11.0. The van der Waals surface area contributed by atoms with Gasteiger partial charge in [-0.3, -0.25) is 9.59 Å². The van der Waals surface area contributed by atoms with Gasteiger partial charge in [-0.05, 0) is 36.2 Å². The molecule has 0 bridgehead atoms. The van der Waals surface area contributed by atoms with Crippen LogP contribution in [0.5, 0.6) is 11.5 Å². The molecule has 0 spiro atoms. The molecule has 0 saturated heterocycles. The second kappa shape index (κ2) is 8.41. The summed E-state index contributed by atoms with van der Waals surface area (Å²) in [4.78, 5) is 33.0. The van der Waals surface area contributed by atoms with Crippen LogP contribution in [0.4, 0.5) is 5.00 Å². The SMILES string of the molecule is CC(=O)N1CCc2c(sc(NC(=O)[C@@H]3COc4ccccc4O3)c2-c2nc3ccccc3s2)C1. The Kier molecular flexibility index (Phi) is 5.23. The van der Waals surface area contributed by atoms with E-state index in [1.165, 1.54) is 11.3 Å². The third kappa shape index (κ3) is 3.70. The Morgan fingerprint density at radius 1 is 1.09 bits per heavy atom. The Hall–Kier alpha value is -3.43. The van der Waals surface area contributed by atoms with E-state index in [-0.39, 0.29) is 18.4 Å². The molecule has 2 aromatic heterocycles. The molecule has 2 amide bonds. The normalized spacial score (nSPS) is 16.9. The Labute approximate surface area is 203 Å². The Balaban J connectivity index is 1.36. The molecule has 34 heavy (non-hydrogen) atoms. The van der Waals surface area contributed by atoms with Gasteiger partial charge in [0.1, 0.15) is 16.6 Å². The van der Waals surface area contributed by atoms with E-state index in [2.05, 4.69) is 11.4 Å². The molecular formula is C25H21N3O4S2. The van der Waals surface area contributed by atoms with Crippen molar-refractivity contribution in [2.45, 2.75) is 26.0 Å². The van der Waals surface area contributed by atoms with Crippen molar-refractivity contribution in [2.24, 2.45) is 0 Å². The van der Waals surface area contributed by atoms with Crippen LogP contribution in [0, 0.1) is 0 Å². The number of anilines is 1. The van der Waals surface area contributed by atoms with Gasteiger partial charge in [-0.25, -0.2) is 4.98 Å². The van der Waals surface area contributed by atoms with Gasteiger partial charge in [-0.15, -0.1) is 22.7 Å². The van der Waals surface area contributed by atoms with E-state index in [0.717, 1.165) is 42.7 Å². The van der Waals surface area contributed by atoms with Gasteiger partial charge in [0.05, 0.1) is 16.8 Å². The molecule has 6 rings (SSSR count). The highest BCUT2D eigenvalue weighted by Crippen LogP contribution is 2.46. The largest absolute Gasteiger partial charge is 0.485 e. The summed E-state index contributed by atoms with van der Waals surface area (Å²) in [6, 6.07) is 15.4. The Bertz CT molecular complexity index is 1390. The molecule has 172 valence electrons. The summed E-state index contributed by atoms with van der Waals surface area (Å²) in [5, 5.41) is 4.70. The lowest BCUT2D eigenvalue weighted by Crippen LogP contribution is -2.40. The number of amides is 2. The van der Waals surface area contributed by atoms with Crippen LogP contribution >= 0.6 is 22.7 Å². The molecule has 0 unspecified atom stereocenters. The van der Waals surface area contributed by atoms with Crippen LogP contribution in [0.15, 0.2) is 48.5 Å². The maximum Gasteiger partial charge on any atom is 0.269 e. The quantitative estimate of drug-likeness (QED) is 0.449. The van der Waals surface area contributed by atoms with E-state index in [1.807, 2.05) is 41.3 Å². The lowest BCUT2D eigenvalue weighted by Gasteiger charge is -2.26. The zero-order valence-corrected chi connectivity index (χ0v) is 20.0. The van der Waals surface area contributed by atoms with Gasteiger partial charge >= 0.3 is 0 Å². The predicted octanol–water partition coefficient (Wildman–Crippen LogP) is 4.71. The number of rotatable bonds is 3. The van der Waals surface area contributed by atoms with E-state index >= 15 is 0 Å². The van der Waals surface area contributed by atoms with Crippen LogP contribution in [-0.4, -0.2) is 41.0 Å². The number of nitrogens with zero attached hydrogens (tertiary/aromatic N) is 2. The van der Waals surface area contributed by atoms with Crippen molar-refractivity contribution in [3.63, 3.8) is 0 Å². The predicted molar refractivity (Wildman–Crippen MR) is 133 cm³/mol. The van der Waals surface area contributed by atoms with E-state index in [1.54, 1.807) is 24.3 Å². The van der Waals surface area contributed by atoms with Crippen LogP contribution < -0.4 is 14.8 Å². The monoisotopic (exact) mass is 491 g/mol. The van der Waals surface area contributed by atoms with Crippen molar-refractivity contribution in [1.82, 2.24) is 9.88 Å². The fourth-order valence-electron chi connectivity index (χ4n) is 4.31. The number of nitrogens with one attached hydrogen (secondary N) is 1. The molecule has 9 heteroatoms. The number of ether oxygens (including phenoxy) is 2. The van der Waals surface area contributed by atoms with Crippen molar-refractivity contribution in [1.29, 1.82) is 0 Å². The maximum absolute atomic E-state index is 13.2. The van der Waals surface area contributed by atoms with Crippen LogP contribution in [0.2, 0.25) is 0 Å². The number of benzene rings is 2. The summed E-state index contributed by atoms with van der Waals surface area (Å²) in [6.07, 6.45) is -0.0332. The van der Waals surface area contributed by atoms with Crippen molar-refractivity contribution in [3.8, 4) is 22.1 Å². The number of hydrogen-bond donors (Lipinski definition) is 1. The van der Waals surface area contributed by atoms with E-state index in [9.17, 15) is 9.59 Å². The highest BCUT2D eigenvalue weighted by atomic mass is 32.1. The molecule has 7 nitrogen and oxygen atoms in total. The smallest absolute Gasteiger partial charge is 0.269 e. The lowest BCUT2D eigenvalue weighted by atomic mass is 10.0. The van der Waals surface area contributed by atoms with Crippen LogP contribution in [0.3, 0.4) is 0 Å². The third-order valence-corrected chi connectivity index (χ3v) is 8.23.